The van der Waals surface area contributed by atoms with E-state index in [4.69, 9.17) is 4.74 Å². The Kier molecular flexibility index (Phi) is 6.78. The van der Waals surface area contributed by atoms with Gasteiger partial charge in [0.25, 0.3) is 0 Å². The van der Waals surface area contributed by atoms with Gasteiger partial charge in [0.15, 0.2) is 5.16 Å². The molecule has 2 atom stereocenters. The summed E-state index contributed by atoms with van der Waals surface area (Å²) in [6.07, 6.45) is 3.03. The van der Waals surface area contributed by atoms with Crippen LogP contribution in [-0.4, -0.2) is 41.8 Å². The standard InChI is InChI=1S/C21H28N4O2S/c1-14-5-6-18(27-4)17(10-14)23-20(26)13-28-21-22-8-7-19(24-21)25-11-15(2)9-16(3)12-25/h5-8,10,15-16H,9,11-13H2,1-4H3,(H,23,26). The van der Waals surface area contributed by atoms with Crippen molar-refractivity contribution in [1.82, 2.24) is 9.97 Å². The second-order valence-electron chi connectivity index (χ2n) is 7.59. The van der Waals surface area contributed by atoms with Crippen molar-refractivity contribution in [1.29, 1.82) is 0 Å². The molecular formula is C21H28N4O2S. The van der Waals surface area contributed by atoms with Gasteiger partial charge >= 0.3 is 0 Å². The van der Waals surface area contributed by atoms with Crippen molar-refractivity contribution in [2.75, 3.05) is 36.2 Å². The number of aromatic nitrogens is 2. The molecule has 0 spiro atoms. The highest BCUT2D eigenvalue weighted by molar-refractivity contribution is 7.99. The lowest BCUT2D eigenvalue weighted by atomic mass is 9.92. The van der Waals surface area contributed by atoms with E-state index in [1.54, 1.807) is 13.3 Å². The molecule has 0 saturated carbocycles. The van der Waals surface area contributed by atoms with Gasteiger partial charge in [0.05, 0.1) is 18.6 Å². The molecule has 0 aliphatic carbocycles. The fraction of sp³-hybridized carbons (Fsp3) is 0.476. The highest BCUT2D eigenvalue weighted by Gasteiger charge is 2.23. The zero-order valence-corrected chi connectivity index (χ0v) is 17.8. The number of carbonyl (C=O) groups excluding carboxylic acids is 1. The van der Waals surface area contributed by atoms with E-state index in [1.165, 1.54) is 18.2 Å². The van der Waals surface area contributed by atoms with Crippen molar-refractivity contribution in [3.8, 4) is 5.75 Å². The number of hydrogen-bond acceptors (Lipinski definition) is 6. The molecule has 0 radical (unpaired) electrons. The van der Waals surface area contributed by atoms with Gasteiger partial charge in [-0.1, -0.05) is 31.7 Å². The highest BCUT2D eigenvalue weighted by atomic mass is 32.2. The molecule has 1 aromatic carbocycles. The molecule has 1 aromatic heterocycles. The van der Waals surface area contributed by atoms with Crippen LogP contribution in [0.4, 0.5) is 11.5 Å². The number of hydrogen-bond donors (Lipinski definition) is 1. The van der Waals surface area contributed by atoms with Crippen molar-refractivity contribution in [2.45, 2.75) is 32.3 Å². The van der Waals surface area contributed by atoms with Gasteiger partial charge in [-0.05, 0) is 48.9 Å². The van der Waals surface area contributed by atoms with Crippen LogP contribution >= 0.6 is 11.8 Å². The molecule has 1 saturated heterocycles. The molecule has 2 aromatic rings. The summed E-state index contributed by atoms with van der Waals surface area (Å²) in [7, 11) is 1.59. The first-order valence-electron chi connectivity index (χ1n) is 9.60. The predicted octanol–water partition coefficient (Wildman–Crippen LogP) is 4.01. The molecule has 1 fully saturated rings. The van der Waals surface area contributed by atoms with Gasteiger partial charge in [0, 0.05) is 19.3 Å². The molecule has 6 nitrogen and oxygen atoms in total. The zero-order valence-electron chi connectivity index (χ0n) is 16.9. The number of piperidine rings is 1. The number of nitrogens with one attached hydrogen (secondary N) is 1. The Morgan fingerprint density at radius 1 is 1.29 bits per heavy atom. The van der Waals surface area contributed by atoms with Gasteiger partial charge in [0.2, 0.25) is 5.91 Å². The summed E-state index contributed by atoms with van der Waals surface area (Å²) in [6, 6.07) is 7.65. The van der Waals surface area contributed by atoms with Crippen LogP contribution < -0.4 is 15.0 Å². The quantitative estimate of drug-likeness (QED) is 0.584. The third kappa shape index (κ3) is 5.38. The van der Waals surface area contributed by atoms with Crippen molar-refractivity contribution >= 4 is 29.2 Å². The Balaban J connectivity index is 1.60. The summed E-state index contributed by atoms with van der Waals surface area (Å²) in [5.41, 5.74) is 1.74. The maximum atomic E-state index is 12.4. The Morgan fingerprint density at radius 3 is 2.75 bits per heavy atom. The van der Waals surface area contributed by atoms with Gasteiger partial charge in [-0.25, -0.2) is 9.97 Å². The van der Waals surface area contributed by atoms with Gasteiger partial charge in [0.1, 0.15) is 11.6 Å². The van der Waals surface area contributed by atoms with Crippen molar-refractivity contribution in [3.05, 3.63) is 36.0 Å². The summed E-state index contributed by atoms with van der Waals surface area (Å²) in [6.45, 7) is 8.57. The maximum absolute atomic E-state index is 12.4. The first-order chi connectivity index (χ1) is 13.4. The minimum Gasteiger partial charge on any atom is -0.495 e. The molecule has 3 rings (SSSR count). The number of nitrogens with zero attached hydrogens (tertiary/aromatic N) is 3. The molecule has 28 heavy (non-hydrogen) atoms. The molecule has 2 unspecified atom stereocenters. The first-order valence-corrected chi connectivity index (χ1v) is 10.6. The van der Waals surface area contributed by atoms with Gasteiger partial charge in [-0.3, -0.25) is 4.79 Å². The summed E-state index contributed by atoms with van der Waals surface area (Å²) in [4.78, 5) is 23.7. The molecule has 1 amide bonds. The van der Waals surface area contributed by atoms with E-state index < -0.39 is 0 Å². The Bertz CT molecular complexity index is 820. The van der Waals surface area contributed by atoms with Crippen LogP contribution in [0.5, 0.6) is 5.75 Å². The number of carbonyl (C=O) groups is 1. The fourth-order valence-corrected chi connectivity index (χ4v) is 4.29. The molecule has 1 aliphatic rings. The van der Waals surface area contributed by atoms with Crippen LogP contribution in [0.1, 0.15) is 25.8 Å². The first kappa shape index (κ1) is 20.5. The number of amides is 1. The van der Waals surface area contributed by atoms with E-state index in [2.05, 4.69) is 34.0 Å². The van der Waals surface area contributed by atoms with Gasteiger partial charge in [-0.15, -0.1) is 0 Å². The molecule has 1 N–H and O–H groups in total. The molecular weight excluding hydrogens is 372 g/mol. The molecule has 7 heteroatoms. The molecule has 1 aliphatic heterocycles. The zero-order chi connectivity index (χ0) is 20.1. The number of thioether (sulfide) groups is 1. The van der Waals surface area contributed by atoms with E-state index in [-0.39, 0.29) is 11.7 Å². The molecule has 150 valence electrons. The van der Waals surface area contributed by atoms with Crippen LogP contribution in [0.2, 0.25) is 0 Å². The summed E-state index contributed by atoms with van der Waals surface area (Å²) >= 11 is 1.34. The lowest BCUT2D eigenvalue weighted by molar-refractivity contribution is -0.113. The number of methoxy groups -OCH3 is 1. The monoisotopic (exact) mass is 400 g/mol. The minimum atomic E-state index is -0.108. The van der Waals surface area contributed by atoms with Crippen LogP contribution in [0, 0.1) is 18.8 Å². The normalized spacial score (nSPS) is 19.4. The molecule has 0 bridgehead atoms. The van der Waals surface area contributed by atoms with E-state index in [1.807, 2.05) is 31.2 Å². The number of aryl methyl sites for hydroxylation is 1. The third-order valence-electron chi connectivity index (χ3n) is 4.77. The maximum Gasteiger partial charge on any atom is 0.234 e. The fourth-order valence-electron chi connectivity index (χ4n) is 3.66. The Morgan fingerprint density at radius 2 is 2.04 bits per heavy atom. The van der Waals surface area contributed by atoms with Gasteiger partial charge in [-0.2, -0.15) is 0 Å². The topological polar surface area (TPSA) is 67.3 Å². The average Bonchev–Trinajstić information content (AvgIpc) is 2.66. The smallest absolute Gasteiger partial charge is 0.234 e. The number of benzene rings is 1. The van der Waals surface area contributed by atoms with E-state index in [0.717, 1.165) is 24.5 Å². The predicted molar refractivity (Wildman–Crippen MR) is 114 cm³/mol. The van der Waals surface area contributed by atoms with Crippen LogP contribution in [0.3, 0.4) is 0 Å². The van der Waals surface area contributed by atoms with Crippen molar-refractivity contribution < 1.29 is 9.53 Å². The highest BCUT2D eigenvalue weighted by Crippen LogP contribution is 2.27. The van der Waals surface area contributed by atoms with E-state index in [9.17, 15) is 4.79 Å². The van der Waals surface area contributed by atoms with Crippen LogP contribution in [0.15, 0.2) is 35.6 Å². The molecule has 2 heterocycles. The minimum absolute atomic E-state index is 0.108. The van der Waals surface area contributed by atoms with E-state index >= 15 is 0 Å². The van der Waals surface area contributed by atoms with Crippen molar-refractivity contribution in [3.63, 3.8) is 0 Å². The number of ether oxygens (including phenoxy) is 1. The van der Waals surface area contributed by atoms with E-state index in [0.29, 0.717) is 28.4 Å². The summed E-state index contributed by atoms with van der Waals surface area (Å²) in [5, 5.41) is 3.53. The Hall–Kier alpha value is -2.28. The lowest BCUT2D eigenvalue weighted by Gasteiger charge is -2.35. The van der Waals surface area contributed by atoms with Crippen LogP contribution in [0.25, 0.3) is 0 Å². The second kappa shape index (κ2) is 9.28. The van der Waals surface area contributed by atoms with Crippen molar-refractivity contribution in [2.24, 2.45) is 11.8 Å². The summed E-state index contributed by atoms with van der Waals surface area (Å²) in [5.74, 6) is 3.04. The third-order valence-corrected chi connectivity index (χ3v) is 5.63. The Labute approximate surface area is 171 Å². The average molecular weight is 401 g/mol. The number of rotatable bonds is 6. The number of anilines is 2. The van der Waals surface area contributed by atoms with Gasteiger partial charge < -0.3 is 15.0 Å². The second-order valence-corrected chi connectivity index (χ2v) is 8.53. The van der Waals surface area contributed by atoms with Crippen LogP contribution in [-0.2, 0) is 4.79 Å². The summed E-state index contributed by atoms with van der Waals surface area (Å²) < 4.78 is 5.31. The SMILES string of the molecule is COc1ccc(C)cc1NC(=O)CSc1nccc(N2CC(C)CC(C)C2)n1. The largest absolute Gasteiger partial charge is 0.495 e. The lowest BCUT2D eigenvalue weighted by Crippen LogP contribution is -2.39.